The number of fused-ring (bicyclic) bond motifs is 1. The molecule has 0 atom stereocenters. The molecule has 0 fully saturated rings. The molecular formula is C21H26N4O2. The summed E-state index contributed by atoms with van der Waals surface area (Å²) < 4.78 is 6.87. The summed E-state index contributed by atoms with van der Waals surface area (Å²) >= 11 is 0. The molecule has 1 aromatic carbocycles. The Hall–Kier alpha value is -2.73. The Morgan fingerprint density at radius 2 is 2.04 bits per heavy atom. The number of carbonyl (C=O) groups is 1. The van der Waals surface area contributed by atoms with Crippen LogP contribution in [-0.2, 0) is 11.2 Å². The summed E-state index contributed by atoms with van der Waals surface area (Å²) in [6, 6.07) is 10.1. The molecule has 0 saturated heterocycles. The Labute approximate surface area is 159 Å². The number of ether oxygens (including phenoxy) is 1. The molecule has 0 aliphatic heterocycles. The van der Waals surface area contributed by atoms with Crippen molar-refractivity contribution in [1.82, 2.24) is 19.9 Å². The van der Waals surface area contributed by atoms with E-state index in [9.17, 15) is 4.79 Å². The van der Waals surface area contributed by atoms with Crippen molar-refractivity contribution in [3.63, 3.8) is 0 Å². The molecule has 0 radical (unpaired) electrons. The van der Waals surface area contributed by atoms with Crippen LogP contribution in [0.2, 0.25) is 0 Å². The summed E-state index contributed by atoms with van der Waals surface area (Å²) in [5.41, 5.74) is 5.28. The third-order valence-corrected chi connectivity index (χ3v) is 4.52. The van der Waals surface area contributed by atoms with Crippen molar-refractivity contribution in [2.75, 3.05) is 20.3 Å². The molecule has 27 heavy (non-hydrogen) atoms. The number of nitrogens with one attached hydrogen (secondary N) is 1. The van der Waals surface area contributed by atoms with Crippen LogP contribution in [-0.4, -0.2) is 40.8 Å². The number of benzene rings is 1. The summed E-state index contributed by atoms with van der Waals surface area (Å²) in [7, 11) is 1.66. The fourth-order valence-electron chi connectivity index (χ4n) is 3.26. The van der Waals surface area contributed by atoms with Crippen molar-refractivity contribution in [3.05, 3.63) is 53.5 Å². The Bertz CT molecular complexity index is 919. The molecule has 2 heterocycles. The lowest BCUT2D eigenvalue weighted by Crippen LogP contribution is -2.27. The zero-order valence-electron chi connectivity index (χ0n) is 16.2. The van der Waals surface area contributed by atoms with Crippen LogP contribution < -0.4 is 5.32 Å². The maximum atomic E-state index is 12.7. The maximum Gasteiger partial charge on any atom is 0.254 e. The van der Waals surface area contributed by atoms with Crippen molar-refractivity contribution >= 4 is 11.6 Å². The van der Waals surface area contributed by atoms with E-state index in [0.717, 1.165) is 47.4 Å². The molecule has 3 aromatic rings. The normalized spacial score (nSPS) is 11.1. The predicted molar refractivity (Wildman–Crippen MR) is 106 cm³/mol. The van der Waals surface area contributed by atoms with Crippen molar-refractivity contribution in [3.8, 4) is 11.1 Å². The molecule has 3 rings (SSSR count). The van der Waals surface area contributed by atoms with Crippen molar-refractivity contribution in [2.45, 2.75) is 33.1 Å². The second-order valence-electron chi connectivity index (χ2n) is 6.53. The SMILES string of the molecule is CCCc1c(C(=O)NCCCOC)cnc2c(-c3ccccc3)c(C)nn12. The smallest absolute Gasteiger partial charge is 0.254 e. The highest BCUT2D eigenvalue weighted by molar-refractivity contribution is 5.95. The number of carbonyl (C=O) groups excluding carboxylic acids is 1. The van der Waals surface area contributed by atoms with Crippen molar-refractivity contribution in [2.24, 2.45) is 0 Å². The van der Waals surface area contributed by atoms with Crippen molar-refractivity contribution in [1.29, 1.82) is 0 Å². The maximum absolute atomic E-state index is 12.7. The molecule has 6 nitrogen and oxygen atoms in total. The zero-order valence-corrected chi connectivity index (χ0v) is 16.2. The first-order valence-corrected chi connectivity index (χ1v) is 9.37. The first kappa shape index (κ1) is 19.0. The Balaban J connectivity index is 2.02. The van der Waals surface area contributed by atoms with Gasteiger partial charge in [0.25, 0.3) is 5.91 Å². The van der Waals surface area contributed by atoms with Crippen molar-refractivity contribution < 1.29 is 9.53 Å². The highest BCUT2D eigenvalue weighted by atomic mass is 16.5. The van der Waals surface area contributed by atoms with Crippen LogP contribution in [0.1, 0.15) is 41.5 Å². The van der Waals surface area contributed by atoms with Crippen LogP contribution >= 0.6 is 0 Å². The van der Waals surface area contributed by atoms with E-state index >= 15 is 0 Å². The Morgan fingerprint density at radius 3 is 2.74 bits per heavy atom. The molecule has 0 spiro atoms. The van der Waals surface area contributed by atoms with Gasteiger partial charge < -0.3 is 10.1 Å². The Kier molecular flexibility index (Phi) is 6.19. The number of aromatic nitrogens is 3. The van der Waals surface area contributed by atoms with E-state index in [0.29, 0.717) is 18.7 Å². The van der Waals surface area contributed by atoms with Gasteiger partial charge in [0.15, 0.2) is 5.65 Å². The van der Waals surface area contributed by atoms with Gasteiger partial charge in [0.1, 0.15) is 0 Å². The fourth-order valence-corrected chi connectivity index (χ4v) is 3.26. The van der Waals surface area contributed by atoms with Gasteiger partial charge in [-0.15, -0.1) is 0 Å². The number of nitrogens with zero attached hydrogens (tertiary/aromatic N) is 3. The van der Waals surface area contributed by atoms with E-state index in [2.05, 4.69) is 29.4 Å². The first-order valence-electron chi connectivity index (χ1n) is 9.37. The van der Waals surface area contributed by atoms with Gasteiger partial charge in [-0.1, -0.05) is 43.7 Å². The minimum Gasteiger partial charge on any atom is -0.385 e. The fraction of sp³-hybridized carbons (Fsp3) is 0.381. The molecular weight excluding hydrogens is 340 g/mol. The molecule has 6 heteroatoms. The number of hydrogen-bond acceptors (Lipinski definition) is 4. The standard InChI is InChI=1S/C21H26N4O2/c1-4-9-18-17(21(26)22-12-8-13-27-3)14-23-20-19(15(2)24-25(18)20)16-10-6-5-7-11-16/h5-7,10-11,14H,4,8-9,12-13H2,1-3H3,(H,22,26). The van der Waals surface area contributed by atoms with Gasteiger partial charge in [-0.05, 0) is 25.3 Å². The van der Waals surface area contributed by atoms with Gasteiger partial charge in [-0.2, -0.15) is 5.10 Å². The largest absolute Gasteiger partial charge is 0.385 e. The van der Waals surface area contributed by atoms with E-state index in [1.54, 1.807) is 13.3 Å². The van der Waals surface area contributed by atoms with Gasteiger partial charge >= 0.3 is 0 Å². The summed E-state index contributed by atoms with van der Waals surface area (Å²) in [4.78, 5) is 17.3. The summed E-state index contributed by atoms with van der Waals surface area (Å²) in [6.07, 6.45) is 4.14. The highest BCUT2D eigenvalue weighted by Gasteiger charge is 2.20. The lowest BCUT2D eigenvalue weighted by Gasteiger charge is -2.11. The molecule has 0 aliphatic carbocycles. The van der Waals surface area contributed by atoms with Crippen LogP contribution in [0.25, 0.3) is 16.8 Å². The first-order chi connectivity index (χ1) is 13.2. The topological polar surface area (TPSA) is 68.5 Å². The molecule has 1 N–H and O–H groups in total. The molecule has 2 aromatic heterocycles. The number of amides is 1. The van der Waals surface area contributed by atoms with Gasteiger partial charge in [-0.3, -0.25) is 4.79 Å². The summed E-state index contributed by atoms with van der Waals surface area (Å²) in [5, 5.41) is 7.67. The minimum atomic E-state index is -0.113. The molecule has 0 bridgehead atoms. The summed E-state index contributed by atoms with van der Waals surface area (Å²) in [6.45, 7) is 5.28. The van der Waals surface area contributed by atoms with E-state index in [-0.39, 0.29) is 5.91 Å². The van der Waals surface area contributed by atoms with E-state index in [1.165, 1.54) is 0 Å². The minimum absolute atomic E-state index is 0.113. The second-order valence-corrected chi connectivity index (χ2v) is 6.53. The van der Waals surface area contributed by atoms with E-state index in [4.69, 9.17) is 9.84 Å². The zero-order chi connectivity index (χ0) is 19.2. The van der Waals surface area contributed by atoms with E-state index in [1.807, 2.05) is 29.6 Å². The van der Waals surface area contributed by atoms with Crippen LogP contribution in [0, 0.1) is 6.92 Å². The van der Waals surface area contributed by atoms with Crippen LogP contribution in [0.4, 0.5) is 0 Å². The number of aryl methyl sites for hydroxylation is 2. The Morgan fingerprint density at radius 1 is 1.26 bits per heavy atom. The second kappa shape index (κ2) is 8.77. The lowest BCUT2D eigenvalue weighted by atomic mass is 10.1. The average Bonchev–Trinajstić information content (AvgIpc) is 3.02. The monoisotopic (exact) mass is 366 g/mol. The van der Waals surface area contributed by atoms with Crippen LogP contribution in [0.3, 0.4) is 0 Å². The number of rotatable bonds is 8. The molecule has 142 valence electrons. The highest BCUT2D eigenvalue weighted by Crippen LogP contribution is 2.28. The van der Waals surface area contributed by atoms with Crippen LogP contribution in [0.5, 0.6) is 0 Å². The average molecular weight is 366 g/mol. The van der Waals surface area contributed by atoms with Gasteiger partial charge in [0, 0.05) is 32.0 Å². The number of hydrogen-bond donors (Lipinski definition) is 1. The third kappa shape index (κ3) is 4.01. The van der Waals surface area contributed by atoms with E-state index < -0.39 is 0 Å². The molecule has 0 aliphatic rings. The molecule has 0 saturated carbocycles. The predicted octanol–water partition coefficient (Wildman–Crippen LogP) is 3.42. The molecule has 0 unspecified atom stereocenters. The van der Waals surface area contributed by atoms with Gasteiger partial charge in [0.2, 0.25) is 0 Å². The van der Waals surface area contributed by atoms with Crippen LogP contribution in [0.15, 0.2) is 36.5 Å². The quantitative estimate of drug-likeness (QED) is 0.620. The number of methoxy groups -OCH3 is 1. The third-order valence-electron chi connectivity index (χ3n) is 4.52. The lowest BCUT2D eigenvalue weighted by molar-refractivity contribution is 0.0946. The van der Waals surface area contributed by atoms with Gasteiger partial charge in [0.05, 0.1) is 17.0 Å². The summed E-state index contributed by atoms with van der Waals surface area (Å²) in [5.74, 6) is -0.113. The van der Waals surface area contributed by atoms with Gasteiger partial charge in [-0.25, -0.2) is 9.50 Å². The molecule has 1 amide bonds.